The first-order valence-corrected chi connectivity index (χ1v) is 7.12. The number of nitrogens with zero attached hydrogens (tertiary/aromatic N) is 1. The van der Waals surface area contributed by atoms with Crippen molar-refractivity contribution in [3.63, 3.8) is 0 Å². The van der Waals surface area contributed by atoms with Gasteiger partial charge in [0.2, 0.25) is 0 Å². The lowest BCUT2D eigenvalue weighted by Gasteiger charge is -2.22. The van der Waals surface area contributed by atoms with Crippen LogP contribution in [-0.4, -0.2) is 41.2 Å². The van der Waals surface area contributed by atoms with Gasteiger partial charge in [-0.2, -0.15) is 0 Å². The van der Waals surface area contributed by atoms with Gasteiger partial charge in [0.15, 0.2) is 6.61 Å². The van der Waals surface area contributed by atoms with Crippen LogP contribution in [0, 0.1) is 0 Å². The predicted molar refractivity (Wildman–Crippen MR) is 78.6 cm³/mol. The number of amides is 2. The first kappa shape index (κ1) is 15.2. The van der Waals surface area contributed by atoms with Crippen LogP contribution in [0.25, 0.3) is 0 Å². The second-order valence-electron chi connectivity index (χ2n) is 5.06. The Morgan fingerprint density at radius 3 is 2.52 bits per heavy atom. The molecule has 0 spiro atoms. The number of carbonyl (C=O) groups excluding carboxylic acids is 1. The van der Waals surface area contributed by atoms with E-state index in [-0.39, 0.29) is 12.6 Å². The molecule has 0 aromatic heterocycles. The van der Waals surface area contributed by atoms with Crippen molar-refractivity contribution in [2.45, 2.75) is 32.2 Å². The molecule has 1 fully saturated rings. The predicted octanol–water partition coefficient (Wildman–Crippen LogP) is 2.56. The summed E-state index contributed by atoms with van der Waals surface area (Å²) in [5.41, 5.74) is 0.671. The molecule has 114 valence electrons. The topological polar surface area (TPSA) is 78.9 Å². The molecule has 0 unspecified atom stereocenters. The van der Waals surface area contributed by atoms with Crippen LogP contribution in [0.3, 0.4) is 0 Å². The fourth-order valence-electron chi connectivity index (χ4n) is 2.05. The summed E-state index contributed by atoms with van der Waals surface area (Å²) in [4.78, 5) is 24.5. The van der Waals surface area contributed by atoms with Crippen LogP contribution in [0.2, 0.25) is 0 Å². The normalized spacial score (nSPS) is 13.6. The lowest BCUT2D eigenvalue weighted by molar-refractivity contribution is -0.139. The Kier molecular flexibility index (Phi) is 5.03. The van der Waals surface area contributed by atoms with Crippen molar-refractivity contribution in [3.05, 3.63) is 24.3 Å². The number of rotatable bonds is 7. The molecule has 2 amide bonds. The largest absolute Gasteiger partial charge is 0.482 e. The first-order chi connectivity index (χ1) is 10.1. The Morgan fingerprint density at radius 1 is 1.33 bits per heavy atom. The number of carboxylic acids is 1. The van der Waals surface area contributed by atoms with Gasteiger partial charge in [0, 0.05) is 18.3 Å². The summed E-state index contributed by atoms with van der Waals surface area (Å²) in [7, 11) is 0. The maximum absolute atomic E-state index is 12.2. The molecule has 0 bridgehead atoms. The van der Waals surface area contributed by atoms with Crippen LogP contribution >= 0.6 is 0 Å². The quantitative estimate of drug-likeness (QED) is 0.809. The Balaban J connectivity index is 1.89. The standard InChI is InChI=1S/C15H20N2O4/c1-2-9-17(12-5-6-12)15(20)16-11-3-7-13(8-4-11)21-10-14(18)19/h3-4,7-8,12H,2,5-6,9-10H2,1H3,(H,16,20)(H,18,19). The van der Waals surface area contributed by atoms with E-state index in [2.05, 4.69) is 12.2 Å². The summed E-state index contributed by atoms with van der Waals surface area (Å²) in [6.45, 7) is 2.44. The molecular formula is C15H20N2O4. The number of nitrogens with one attached hydrogen (secondary N) is 1. The molecule has 0 saturated heterocycles. The average molecular weight is 292 g/mol. The number of hydrogen-bond donors (Lipinski definition) is 2. The van der Waals surface area contributed by atoms with E-state index in [0.717, 1.165) is 25.8 Å². The second-order valence-corrected chi connectivity index (χ2v) is 5.06. The molecule has 1 aliphatic carbocycles. The summed E-state index contributed by atoms with van der Waals surface area (Å²) in [6.07, 6.45) is 3.09. The van der Waals surface area contributed by atoms with E-state index >= 15 is 0 Å². The van der Waals surface area contributed by atoms with Crippen molar-refractivity contribution in [2.75, 3.05) is 18.5 Å². The molecule has 0 radical (unpaired) electrons. The Bertz CT molecular complexity index is 497. The van der Waals surface area contributed by atoms with Gasteiger partial charge in [-0.3, -0.25) is 0 Å². The average Bonchev–Trinajstić information content (AvgIpc) is 3.28. The smallest absolute Gasteiger partial charge is 0.341 e. The number of ether oxygens (including phenoxy) is 1. The number of urea groups is 1. The van der Waals surface area contributed by atoms with E-state index in [1.165, 1.54) is 0 Å². The highest BCUT2D eigenvalue weighted by atomic mass is 16.5. The molecule has 0 atom stereocenters. The maximum Gasteiger partial charge on any atom is 0.341 e. The molecule has 1 aromatic carbocycles. The lowest BCUT2D eigenvalue weighted by atomic mass is 10.3. The number of carbonyl (C=O) groups is 2. The molecule has 6 heteroatoms. The SMILES string of the molecule is CCCN(C(=O)Nc1ccc(OCC(=O)O)cc1)C1CC1. The van der Waals surface area contributed by atoms with Gasteiger partial charge in [0.1, 0.15) is 5.75 Å². The van der Waals surface area contributed by atoms with Crippen LogP contribution in [0.1, 0.15) is 26.2 Å². The van der Waals surface area contributed by atoms with Crippen molar-refractivity contribution < 1.29 is 19.4 Å². The maximum atomic E-state index is 12.2. The van der Waals surface area contributed by atoms with Crippen LogP contribution in [-0.2, 0) is 4.79 Å². The molecule has 1 saturated carbocycles. The van der Waals surface area contributed by atoms with Crippen molar-refractivity contribution in [1.82, 2.24) is 4.90 Å². The zero-order valence-electron chi connectivity index (χ0n) is 12.0. The van der Waals surface area contributed by atoms with E-state index in [9.17, 15) is 9.59 Å². The highest BCUT2D eigenvalue weighted by Crippen LogP contribution is 2.27. The van der Waals surface area contributed by atoms with Gasteiger partial charge in [-0.25, -0.2) is 9.59 Å². The highest BCUT2D eigenvalue weighted by molar-refractivity contribution is 5.89. The van der Waals surface area contributed by atoms with Crippen LogP contribution in [0.4, 0.5) is 10.5 Å². The van der Waals surface area contributed by atoms with Crippen molar-refractivity contribution >= 4 is 17.7 Å². The molecule has 1 aromatic rings. The number of carboxylic acid groups (broad SMARTS) is 1. The van der Waals surface area contributed by atoms with Crippen molar-refractivity contribution in [3.8, 4) is 5.75 Å². The fraction of sp³-hybridized carbons (Fsp3) is 0.467. The summed E-state index contributed by atoms with van der Waals surface area (Å²) in [6, 6.07) is 6.97. The minimum Gasteiger partial charge on any atom is -0.482 e. The van der Waals surface area contributed by atoms with E-state index in [4.69, 9.17) is 9.84 Å². The van der Waals surface area contributed by atoms with Gasteiger partial charge in [-0.05, 0) is 43.5 Å². The zero-order chi connectivity index (χ0) is 15.2. The monoisotopic (exact) mass is 292 g/mol. The number of benzene rings is 1. The molecule has 6 nitrogen and oxygen atoms in total. The molecule has 2 rings (SSSR count). The summed E-state index contributed by atoms with van der Waals surface area (Å²) < 4.78 is 5.04. The van der Waals surface area contributed by atoms with Gasteiger partial charge in [0.05, 0.1) is 0 Å². The third kappa shape index (κ3) is 4.66. The van der Waals surface area contributed by atoms with Crippen LogP contribution in [0.15, 0.2) is 24.3 Å². The van der Waals surface area contributed by atoms with Gasteiger partial charge in [0.25, 0.3) is 0 Å². The van der Waals surface area contributed by atoms with Gasteiger partial charge < -0.3 is 20.1 Å². The molecular weight excluding hydrogens is 272 g/mol. The Labute approximate surface area is 123 Å². The zero-order valence-corrected chi connectivity index (χ0v) is 12.0. The second kappa shape index (κ2) is 6.97. The van der Waals surface area contributed by atoms with E-state index in [1.807, 2.05) is 4.90 Å². The van der Waals surface area contributed by atoms with Gasteiger partial charge in [-0.15, -0.1) is 0 Å². The van der Waals surface area contributed by atoms with Gasteiger partial charge in [-0.1, -0.05) is 6.92 Å². The molecule has 21 heavy (non-hydrogen) atoms. The number of aliphatic carboxylic acids is 1. The highest BCUT2D eigenvalue weighted by Gasteiger charge is 2.31. The Morgan fingerprint density at radius 2 is 2.00 bits per heavy atom. The first-order valence-electron chi connectivity index (χ1n) is 7.12. The van der Waals surface area contributed by atoms with Gasteiger partial charge >= 0.3 is 12.0 Å². The third-order valence-corrected chi connectivity index (χ3v) is 3.18. The van der Waals surface area contributed by atoms with E-state index in [0.29, 0.717) is 17.5 Å². The third-order valence-electron chi connectivity index (χ3n) is 3.18. The summed E-state index contributed by atoms with van der Waals surface area (Å²) in [5, 5.41) is 11.4. The van der Waals surface area contributed by atoms with Crippen molar-refractivity contribution in [2.24, 2.45) is 0 Å². The summed E-state index contributed by atoms with van der Waals surface area (Å²) >= 11 is 0. The molecule has 0 aliphatic heterocycles. The van der Waals surface area contributed by atoms with Crippen LogP contribution < -0.4 is 10.1 Å². The number of hydrogen-bond acceptors (Lipinski definition) is 3. The van der Waals surface area contributed by atoms with Crippen molar-refractivity contribution in [1.29, 1.82) is 0 Å². The fourth-order valence-corrected chi connectivity index (χ4v) is 2.05. The molecule has 1 aliphatic rings. The minimum atomic E-state index is -1.02. The lowest BCUT2D eigenvalue weighted by Crippen LogP contribution is -2.37. The van der Waals surface area contributed by atoms with Crippen LogP contribution in [0.5, 0.6) is 5.75 Å². The molecule has 2 N–H and O–H groups in total. The molecule has 0 heterocycles. The Hall–Kier alpha value is -2.24. The minimum absolute atomic E-state index is 0.0847. The van der Waals surface area contributed by atoms with E-state index in [1.54, 1.807) is 24.3 Å². The summed E-state index contributed by atoms with van der Waals surface area (Å²) in [5.74, 6) is -0.560. The number of anilines is 1. The van der Waals surface area contributed by atoms with E-state index < -0.39 is 5.97 Å².